The number of hydrogen-bond acceptors (Lipinski definition) is 2. The van der Waals surface area contributed by atoms with Gasteiger partial charge in [0.15, 0.2) is 0 Å². The predicted molar refractivity (Wildman–Crippen MR) is 79.9 cm³/mol. The Balaban J connectivity index is 2.04. The maximum atomic E-state index is 10.5. The summed E-state index contributed by atoms with van der Waals surface area (Å²) in [7, 11) is 0. The van der Waals surface area contributed by atoms with Crippen molar-refractivity contribution in [1.82, 2.24) is 0 Å². The molecular formula is C18H20O2. The molecule has 0 saturated heterocycles. The third kappa shape index (κ3) is 2.20. The van der Waals surface area contributed by atoms with Crippen LogP contribution in [0.5, 0.6) is 5.75 Å². The van der Waals surface area contributed by atoms with Gasteiger partial charge in [0, 0.05) is 12.0 Å². The third-order valence-corrected chi connectivity index (χ3v) is 4.07. The minimum atomic E-state index is -0.482. The van der Waals surface area contributed by atoms with Gasteiger partial charge in [0.05, 0.1) is 6.10 Å². The lowest BCUT2D eigenvalue weighted by atomic mass is 9.84. The lowest BCUT2D eigenvalue weighted by Crippen LogP contribution is -2.35. The number of aliphatic hydroxyl groups excluding tert-OH is 1. The van der Waals surface area contributed by atoms with Crippen molar-refractivity contribution < 1.29 is 9.84 Å². The van der Waals surface area contributed by atoms with Crippen LogP contribution in [0.15, 0.2) is 42.5 Å². The van der Waals surface area contributed by atoms with Crippen LogP contribution in [0.1, 0.15) is 41.7 Å². The summed E-state index contributed by atoms with van der Waals surface area (Å²) < 4.78 is 6.23. The van der Waals surface area contributed by atoms with E-state index in [0.29, 0.717) is 6.42 Å². The van der Waals surface area contributed by atoms with Crippen molar-refractivity contribution in [2.75, 3.05) is 0 Å². The molecule has 2 aromatic carbocycles. The van der Waals surface area contributed by atoms with Crippen LogP contribution in [0.3, 0.4) is 0 Å². The molecule has 0 bridgehead atoms. The van der Waals surface area contributed by atoms with Crippen LogP contribution in [-0.2, 0) is 5.60 Å². The van der Waals surface area contributed by atoms with Gasteiger partial charge in [-0.2, -0.15) is 0 Å². The van der Waals surface area contributed by atoms with E-state index in [0.717, 1.165) is 22.4 Å². The lowest BCUT2D eigenvalue weighted by molar-refractivity contribution is -0.00493. The highest BCUT2D eigenvalue weighted by Crippen LogP contribution is 2.44. The van der Waals surface area contributed by atoms with Crippen LogP contribution in [0.25, 0.3) is 0 Å². The number of fused-ring (bicyclic) bond motifs is 1. The van der Waals surface area contributed by atoms with E-state index in [1.165, 1.54) is 5.56 Å². The summed E-state index contributed by atoms with van der Waals surface area (Å²) in [6, 6.07) is 14.3. The molecule has 2 nitrogen and oxygen atoms in total. The molecule has 0 amide bonds. The van der Waals surface area contributed by atoms with Crippen molar-refractivity contribution in [2.45, 2.75) is 38.9 Å². The summed E-state index contributed by atoms with van der Waals surface area (Å²) >= 11 is 0. The highest BCUT2D eigenvalue weighted by Gasteiger charge is 2.38. The first-order chi connectivity index (χ1) is 9.48. The molecule has 2 heteroatoms. The normalized spacial score (nSPS) is 24.9. The lowest BCUT2D eigenvalue weighted by Gasteiger charge is -2.39. The Labute approximate surface area is 120 Å². The van der Waals surface area contributed by atoms with Crippen LogP contribution < -0.4 is 4.74 Å². The molecule has 104 valence electrons. The average molecular weight is 268 g/mol. The molecule has 0 saturated carbocycles. The number of hydrogen-bond donors (Lipinski definition) is 1. The number of aliphatic hydroxyl groups is 1. The summed E-state index contributed by atoms with van der Waals surface area (Å²) in [4.78, 5) is 0. The van der Waals surface area contributed by atoms with Crippen molar-refractivity contribution in [3.05, 3.63) is 64.7 Å². The minimum absolute atomic E-state index is 0.478. The first-order valence-electron chi connectivity index (χ1n) is 7.03. The standard InChI is InChI=1S/C18H20O2/c1-12-5-4-6-14(9-12)18(3)11-16(19)15-10-13(2)7-8-17(15)20-18/h4-10,16,19H,11H2,1-3H3/t16-,18?/m0/s1. The molecule has 2 atom stereocenters. The zero-order valence-corrected chi connectivity index (χ0v) is 12.2. The van der Waals surface area contributed by atoms with Gasteiger partial charge in [0.2, 0.25) is 0 Å². The number of ether oxygens (including phenoxy) is 1. The summed E-state index contributed by atoms with van der Waals surface area (Å²) in [5.74, 6) is 0.790. The third-order valence-electron chi connectivity index (χ3n) is 4.07. The van der Waals surface area contributed by atoms with Gasteiger partial charge < -0.3 is 9.84 Å². The fourth-order valence-corrected chi connectivity index (χ4v) is 2.94. The van der Waals surface area contributed by atoms with Gasteiger partial charge in [-0.25, -0.2) is 0 Å². The Morgan fingerprint density at radius 2 is 1.85 bits per heavy atom. The van der Waals surface area contributed by atoms with Gasteiger partial charge in [-0.1, -0.05) is 41.5 Å². The van der Waals surface area contributed by atoms with Crippen LogP contribution in [0, 0.1) is 13.8 Å². The summed E-state index contributed by atoms with van der Waals surface area (Å²) in [6.45, 7) is 6.15. The van der Waals surface area contributed by atoms with Gasteiger partial charge in [0.1, 0.15) is 11.4 Å². The van der Waals surface area contributed by atoms with Gasteiger partial charge in [-0.3, -0.25) is 0 Å². The van der Waals surface area contributed by atoms with Gasteiger partial charge >= 0.3 is 0 Å². The second-order valence-electron chi connectivity index (χ2n) is 5.96. The SMILES string of the molecule is Cc1cccc(C2(C)C[C@H](O)c3cc(C)ccc3O2)c1. The van der Waals surface area contributed by atoms with Crippen molar-refractivity contribution in [3.8, 4) is 5.75 Å². The molecular weight excluding hydrogens is 248 g/mol. The molecule has 0 aliphatic carbocycles. The summed E-state index contributed by atoms with van der Waals surface area (Å²) in [5.41, 5.74) is 3.88. The van der Waals surface area contributed by atoms with Crippen LogP contribution >= 0.6 is 0 Å². The molecule has 0 spiro atoms. The number of aryl methyl sites for hydroxylation is 2. The Hall–Kier alpha value is -1.80. The van der Waals surface area contributed by atoms with Gasteiger partial charge in [-0.15, -0.1) is 0 Å². The molecule has 3 rings (SSSR count). The molecule has 1 N–H and O–H groups in total. The highest BCUT2D eigenvalue weighted by molar-refractivity contribution is 5.42. The van der Waals surface area contributed by atoms with Crippen molar-refractivity contribution >= 4 is 0 Å². The van der Waals surface area contributed by atoms with E-state index >= 15 is 0 Å². The van der Waals surface area contributed by atoms with Crippen molar-refractivity contribution in [1.29, 1.82) is 0 Å². The molecule has 1 unspecified atom stereocenters. The minimum Gasteiger partial charge on any atom is -0.482 e. The summed E-state index contributed by atoms with van der Waals surface area (Å²) in [6.07, 6.45) is 0.0940. The fraction of sp³-hybridized carbons (Fsp3) is 0.333. The second-order valence-corrected chi connectivity index (χ2v) is 5.96. The smallest absolute Gasteiger partial charge is 0.134 e. The highest BCUT2D eigenvalue weighted by atomic mass is 16.5. The Morgan fingerprint density at radius 1 is 1.10 bits per heavy atom. The Kier molecular flexibility index (Phi) is 3.06. The van der Waals surface area contributed by atoms with E-state index in [1.54, 1.807) is 0 Å². The Bertz CT molecular complexity index is 648. The molecule has 1 aliphatic rings. The number of benzene rings is 2. The van der Waals surface area contributed by atoms with E-state index in [-0.39, 0.29) is 0 Å². The monoisotopic (exact) mass is 268 g/mol. The van der Waals surface area contributed by atoms with E-state index in [4.69, 9.17) is 4.74 Å². The molecule has 1 aliphatic heterocycles. The average Bonchev–Trinajstić information content (AvgIpc) is 2.40. The molecule has 0 fully saturated rings. The first kappa shape index (κ1) is 13.2. The molecule has 20 heavy (non-hydrogen) atoms. The van der Waals surface area contributed by atoms with Gasteiger partial charge in [-0.05, 0) is 38.5 Å². The largest absolute Gasteiger partial charge is 0.482 e. The topological polar surface area (TPSA) is 29.5 Å². The molecule has 0 aromatic heterocycles. The van der Waals surface area contributed by atoms with Crippen LogP contribution in [0.2, 0.25) is 0 Å². The van der Waals surface area contributed by atoms with Crippen LogP contribution in [-0.4, -0.2) is 5.11 Å². The van der Waals surface area contributed by atoms with E-state index < -0.39 is 11.7 Å². The molecule has 2 aromatic rings. The zero-order valence-electron chi connectivity index (χ0n) is 12.2. The quantitative estimate of drug-likeness (QED) is 0.846. The van der Waals surface area contributed by atoms with Crippen molar-refractivity contribution in [3.63, 3.8) is 0 Å². The molecule has 1 heterocycles. The maximum Gasteiger partial charge on any atom is 0.134 e. The van der Waals surface area contributed by atoms with E-state index in [9.17, 15) is 5.11 Å². The van der Waals surface area contributed by atoms with Gasteiger partial charge in [0.25, 0.3) is 0 Å². The zero-order chi connectivity index (χ0) is 14.3. The summed E-state index contributed by atoms with van der Waals surface area (Å²) in [5, 5.41) is 10.5. The fourth-order valence-electron chi connectivity index (χ4n) is 2.94. The van der Waals surface area contributed by atoms with E-state index in [2.05, 4.69) is 25.1 Å². The number of rotatable bonds is 1. The first-order valence-corrected chi connectivity index (χ1v) is 7.03. The Morgan fingerprint density at radius 3 is 2.60 bits per heavy atom. The van der Waals surface area contributed by atoms with Crippen molar-refractivity contribution in [2.24, 2.45) is 0 Å². The second kappa shape index (κ2) is 4.64. The molecule has 0 radical (unpaired) electrons. The predicted octanol–water partition coefficient (Wildman–Crippen LogP) is 4.03. The maximum absolute atomic E-state index is 10.5. The van der Waals surface area contributed by atoms with Crippen LogP contribution in [0.4, 0.5) is 0 Å². The van der Waals surface area contributed by atoms with E-state index in [1.807, 2.05) is 38.1 Å².